The fourth-order valence-electron chi connectivity index (χ4n) is 4.48. The molecule has 0 aliphatic carbocycles. The van der Waals surface area contributed by atoms with Crippen LogP contribution in [0.2, 0.25) is 0 Å². The average Bonchev–Trinajstić information content (AvgIpc) is 3.03. The summed E-state index contributed by atoms with van der Waals surface area (Å²) in [5.41, 5.74) is 21.3. The number of nitrogens with two attached hydrogens (primary N) is 4. The molecule has 2 aliphatic rings. The zero-order chi connectivity index (χ0) is 36.8. The Hall–Kier alpha value is -5.14. The van der Waals surface area contributed by atoms with Crippen molar-refractivity contribution in [3.8, 4) is 0 Å². The molecule has 24 heteroatoms. The fraction of sp³-hybridized carbons (Fsp3) is 0.600. The number of nitrogens with one attached hydrogen (secondary N) is 8. The van der Waals surface area contributed by atoms with Gasteiger partial charge in [0.1, 0.15) is 29.9 Å². The maximum absolute atomic E-state index is 13.6. The second-order valence-electron chi connectivity index (χ2n) is 10.9. The van der Waals surface area contributed by atoms with E-state index in [2.05, 4.69) is 42.2 Å². The van der Waals surface area contributed by atoms with Crippen molar-refractivity contribution in [2.75, 3.05) is 26.3 Å². The first kappa shape index (κ1) is 40.0. The summed E-state index contributed by atoms with van der Waals surface area (Å²) < 4.78 is 0. The number of nitrogens with zero attached hydrogens (tertiary/aromatic N) is 1. The maximum atomic E-state index is 13.6. The van der Waals surface area contributed by atoms with Crippen molar-refractivity contribution in [1.29, 1.82) is 0 Å². The Morgan fingerprint density at radius 1 is 0.980 bits per heavy atom. The van der Waals surface area contributed by atoms with E-state index in [4.69, 9.17) is 22.9 Å². The second kappa shape index (κ2) is 19.0. The van der Waals surface area contributed by atoms with Gasteiger partial charge in [-0.1, -0.05) is 0 Å². The molecule has 8 atom stereocenters. The van der Waals surface area contributed by atoms with Crippen molar-refractivity contribution in [3.63, 3.8) is 0 Å². The minimum Gasteiger partial charge on any atom is -0.394 e. The summed E-state index contributed by atoms with van der Waals surface area (Å²) in [5, 5.41) is 57.7. The van der Waals surface area contributed by atoms with E-state index in [1.165, 1.54) is 0 Å². The molecular weight excluding hydrogens is 658 g/mol. The van der Waals surface area contributed by atoms with Gasteiger partial charge in [0, 0.05) is 31.6 Å². The van der Waals surface area contributed by atoms with Gasteiger partial charge in [-0.25, -0.2) is 9.79 Å². The standard InChI is InChI=1S/C25H43N13O11/c26-2-1-15(41)9(27)3-16(42)32-11-5-30-23(48)18(10-4-17(43)37-24(28)36-10)38-20(45)12(6-31-25(29)49)33-21(46)13(7-39)35-22(47)14(8-40)34-19(11)44/h6,9-11,13-15,17-18,39-41,43H,1-5,7-8,26-27H2,(H,30,48)(H,32,42)(H,33,46)(H,34,44)(H,35,47)(H,38,45)(H3,28,36,37)(H3,29,31,49)/b12-6+. The molecule has 0 bridgehead atoms. The SMILES string of the molecule is NCCC(O)C(N)CC(=O)NC1CNC(=O)C(C2CC(O)N=C(N)N2)NC(=O)/C(=C\NC(N)=O)NC(=O)C(CO)NC(=O)C(CO)NC1=O. The highest BCUT2D eigenvalue weighted by atomic mass is 16.3. The number of aliphatic hydroxyl groups is 4. The Bertz CT molecular complexity index is 1310. The van der Waals surface area contributed by atoms with Crippen LogP contribution in [0, 0.1) is 0 Å². The number of amides is 8. The molecule has 24 nitrogen and oxygen atoms in total. The van der Waals surface area contributed by atoms with Gasteiger partial charge < -0.3 is 85.9 Å². The highest BCUT2D eigenvalue weighted by Crippen LogP contribution is 2.11. The van der Waals surface area contributed by atoms with Gasteiger partial charge in [-0.05, 0) is 13.0 Å². The summed E-state index contributed by atoms with van der Waals surface area (Å²) in [7, 11) is 0. The predicted molar refractivity (Wildman–Crippen MR) is 165 cm³/mol. The average molecular weight is 702 g/mol. The molecule has 0 saturated carbocycles. The number of carbonyl (C=O) groups is 7. The summed E-state index contributed by atoms with van der Waals surface area (Å²) in [4.78, 5) is 94.0. The Balaban J connectivity index is 2.55. The Labute approximate surface area is 278 Å². The van der Waals surface area contributed by atoms with E-state index >= 15 is 0 Å². The van der Waals surface area contributed by atoms with Crippen LogP contribution in [0.5, 0.6) is 0 Å². The summed E-state index contributed by atoms with van der Waals surface area (Å²) >= 11 is 0. The van der Waals surface area contributed by atoms with Gasteiger partial charge in [0.2, 0.25) is 29.5 Å². The molecule has 8 amide bonds. The van der Waals surface area contributed by atoms with Gasteiger partial charge >= 0.3 is 6.03 Å². The first-order chi connectivity index (χ1) is 23.1. The number of guanidine groups is 1. The van der Waals surface area contributed by atoms with Gasteiger partial charge in [0.25, 0.3) is 5.91 Å². The van der Waals surface area contributed by atoms with Crippen LogP contribution in [0.4, 0.5) is 4.79 Å². The van der Waals surface area contributed by atoms with E-state index in [1.807, 2.05) is 5.32 Å². The van der Waals surface area contributed by atoms with Gasteiger partial charge in [0.15, 0.2) is 12.2 Å². The van der Waals surface area contributed by atoms with Crippen molar-refractivity contribution < 1.29 is 54.0 Å². The molecule has 0 spiro atoms. The van der Waals surface area contributed by atoms with Crippen LogP contribution in [0.3, 0.4) is 0 Å². The molecule has 8 unspecified atom stereocenters. The molecular formula is C25H43N13O11. The minimum atomic E-state index is -1.81. The third kappa shape index (κ3) is 12.4. The molecule has 0 aromatic rings. The zero-order valence-corrected chi connectivity index (χ0v) is 26.0. The minimum absolute atomic E-state index is 0.0658. The predicted octanol–water partition coefficient (Wildman–Crippen LogP) is -9.91. The molecule has 1 saturated heterocycles. The molecule has 0 radical (unpaired) electrons. The summed E-state index contributed by atoms with van der Waals surface area (Å²) in [6.07, 6.45) is -2.69. The normalized spacial score (nSPS) is 27.9. The van der Waals surface area contributed by atoms with E-state index in [-0.39, 0.29) is 25.3 Å². The number of aliphatic imine (C=N–C) groups is 1. The fourth-order valence-corrected chi connectivity index (χ4v) is 4.48. The molecule has 20 N–H and O–H groups in total. The lowest BCUT2D eigenvalue weighted by molar-refractivity contribution is -0.135. The van der Waals surface area contributed by atoms with Gasteiger partial charge in [-0.15, -0.1) is 0 Å². The number of hydrogen-bond acceptors (Lipinski definition) is 16. The molecule has 2 aliphatic heterocycles. The Morgan fingerprint density at radius 3 is 2.20 bits per heavy atom. The van der Waals surface area contributed by atoms with Gasteiger partial charge in [-0.2, -0.15) is 0 Å². The largest absolute Gasteiger partial charge is 0.394 e. The smallest absolute Gasteiger partial charge is 0.316 e. The van der Waals surface area contributed by atoms with Crippen LogP contribution >= 0.6 is 0 Å². The van der Waals surface area contributed by atoms with E-state index in [1.54, 1.807) is 0 Å². The summed E-state index contributed by atoms with van der Waals surface area (Å²) in [6, 6.07) is -10.4. The topological polar surface area (TPSA) is 413 Å². The maximum Gasteiger partial charge on any atom is 0.316 e. The Morgan fingerprint density at radius 2 is 1.61 bits per heavy atom. The van der Waals surface area contributed by atoms with Crippen LogP contribution in [0.25, 0.3) is 0 Å². The second-order valence-corrected chi connectivity index (χ2v) is 10.9. The highest BCUT2D eigenvalue weighted by molar-refractivity contribution is 6.02. The summed E-state index contributed by atoms with van der Waals surface area (Å²) in [6.45, 7) is -2.75. The molecule has 1 fully saturated rings. The number of primary amides is 1. The first-order valence-electron chi connectivity index (χ1n) is 14.8. The lowest BCUT2D eigenvalue weighted by Crippen LogP contribution is -2.65. The number of urea groups is 1. The monoisotopic (exact) mass is 701 g/mol. The van der Waals surface area contributed by atoms with E-state index in [0.29, 0.717) is 6.20 Å². The first-order valence-corrected chi connectivity index (χ1v) is 14.8. The summed E-state index contributed by atoms with van der Waals surface area (Å²) in [5.74, 6) is -7.02. The zero-order valence-electron chi connectivity index (χ0n) is 26.0. The third-order valence-electron chi connectivity index (χ3n) is 7.06. The molecule has 274 valence electrons. The number of carbonyl (C=O) groups excluding carboxylic acids is 7. The molecule has 2 heterocycles. The third-order valence-corrected chi connectivity index (χ3v) is 7.06. The molecule has 2 rings (SSSR count). The van der Waals surface area contributed by atoms with E-state index in [0.717, 1.165) is 0 Å². The van der Waals surface area contributed by atoms with Crippen LogP contribution in [-0.4, -0.2) is 143 Å². The molecule has 49 heavy (non-hydrogen) atoms. The quantitative estimate of drug-likeness (QED) is 0.0940. The van der Waals surface area contributed by atoms with Crippen molar-refractivity contribution >= 4 is 47.4 Å². The van der Waals surface area contributed by atoms with E-state index in [9.17, 15) is 54.0 Å². The van der Waals surface area contributed by atoms with Crippen LogP contribution in [0.15, 0.2) is 16.9 Å². The number of rotatable bonds is 10. The van der Waals surface area contributed by atoms with Crippen molar-refractivity contribution in [2.24, 2.45) is 27.9 Å². The lowest BCUT2D eigenvalue weighted by atomic mass is 10.0. The van der Waals surface area contributed by atoms with Crippen LogP contribution in [-0.2, 0) is 28.8 Å². The number of hydrogen-bond donors (Lipinski definition) is 16. The Kier molecular flexibility index (Phi) is 15.5. The van der Waals surface area contributed by atoms with Gasteiger partial charge in [-0.3, -0.25) is 28.8 Å². The molecule has 0 aromatic carbocycles. The van der Waals surface area contributed by atoms with Crippen LogP contribution in [0.1, 0.15) is 19.3 Å². The van der Waals surface area contributed by atoms with Crippen molar-refractivity contribution in [2.45, 2.75) is 67.8 Å². The van der Waals surface area contributed by atoms with Crippen molar-refractivity contribution in [3.05, 3.63) is 11.9 Å². The number of aliphatic hydroxyl groups excluding tert-OH is 4. The van der Waals surface area contributed by atoms with Gasteiger partial charge in [0.05, 0.1) is 25.4 Å². The highest BCUT2D eigenvalue weighted by Gasteiger charge is 2.37. The molecule has 0 aromatic heterocycles. The van der Waals surface area contributed by atoms with E-state index < -0.39 is 122 Å². The van der Waals surface area contributed by atoms with Crippen molar-refractivity contribution in [1.82, 2.24) is 42.5 Å². The lowest BCUT2D eigenvalue weighted by Gasteiger charge is -2.33. The van der Waals surface area contributed by atoms with Crippen LogP contribution < -0.4 is 65.5 Å².